The van der Waals surface area contributed by atoms with Crippen molar-refractivity contribution in [2.75, 3.05) is 19.8 Å². The van der Waals surface area contributed by atoms with Gasteiger partial charge in [0.2, 0.25) is 5.88 Å². The second kappa shape index (κ2) is 11.6. The lowest BCUT2D eigenvalue weighted by Gasteiger charge is -2.25. The summed E-state index contributed by atoms with van der Waals surface area (Å²) in [5.41, 5.74) is 4.14. The minimum atomic E-state index is -0.511. The molecule has 0 aliphatic heterocycles. The second-order valence-corrected chi connectivity index (χ2v) is 9.27. The first-order valence-corrected chi connectivity index (χ1v) is 12.4. The van der Waals surface area contributed by atoms with Crippen molar-refractivity contribution in [2.24, 2.45) is 0 Å². The van der Waals surface area contributed by atoms with Gasteiger partial charge in [0, 0.05) is 25.7 Å². The largest absolute Gasteiger partial charge is 0.439 e. The number of aryl methyl sites for hydroxylation is 2. The second-order valence-electron chi connectivity index (χ2n) is 9.27. The molecule has 1 unspecified atom stereocenters. The number of nitrogens with zero attached hydrogens (tertiary/aromatic N) is 3. The molecule has 34 heavy (non-hydrogen) atoms. The molecule has 1 fully saturated rings. The summed E-state index contributed by atoms with van der Waals surface area (Å²) in [4.78, 5) is 2.36. The molecule has 0 amide bonds. The zero-order valence-electron chi connectivity index (χ0n) is 20.6. The molecule has 3 aromatic rings. The highest BCUT2D eigenvalue weighted by Gasteiger charge is 2.32. The predicted molar refractivity (Wildman–Crippen MR) is 135 cm³/mol. The van der Waals surface area contributed by atoms with Gasteiger partial charge in [-0.1, -0.05) is 49.2 Å². The summed E-state index contributed by atoms with van der Waals surface area (Å²) in [6, 6.07) is 18.7. The predicted octanol–water partition coefficient (Wildman–Crippen LogP) is 5.42. The first-order valence-electron chi connectivity index (χ1n) is 12.4. The Kier molecular flexibility index (Phi) is 8.38. The normalized spacial score (nSPS) is 14.5. The highest BCUT2D eigenvalue weighted by molar-refractivity contribution is 5.43. The van der Waals surface area contributed by atoms with Crippen LogP contribution in [-0.2, 0) is 11.3 Å². The molecule has 1 saturated carbocycles. The van der Waals surface area contributed by atoms with Crippen molar-refractivity contribution < 1.29 is 14.6 Å². The van der Waals surface area contributed by atoms with E-state index in [-0.39, 0.29) is 0 Å². The number of para-hydroxylation sites is 1. The summed E-state index contributed by atoms with van der Waals surface area (Å²) in [5, 5.41) is 15.5. The van der Waals surface area contributed by atoms with Crippen LogP contribution in [0.1, 0.15) is 49.4 Å². The van der Waals surface area contributed by atoms with E-state index in [4.69, 9.17) is 14.6 Å². The lowest BCUT2D eigenvalue weighted by Crippen LogP contribution is -2.36. The van der Waals surface area contributed by atoms with E-state index in [0.29, 0.717) is 32.3 Å². The van der Waals surface area contributed by atoms with E-state index in [0.717, 1.165) is 54.3 Å². The number of unbranched alkanes of at least 4 members (excludes halogenated alkanes) is 1. The van der Waals surface area contributed by atoms with Crippen LogP contribution in [0.2, 0.25) is 0 Å². The van der Waals surface area contributed by atoms with Gasteiger partial charge in [-0.3, -0.25) is 4.90 Å². The summed E-state index contributed by atoms with van der Waals surface area (Å²) in [5.74, 6) is 1.51. The summed E-state index contributed by atoms with van der Waals surface area (Å²) in [6.45, 7) is 8.58. The lowest BCUT2D eigenvalue weighted by atomic mass is 10.2. The molecule has 6 nitrogen and oxygen atoms in total. The van der Waals surface area contributed by atoms with E-state index in [1.807, 2.05) is 54.1 Å². The maximum atomic E-state index is 10.6. The topological polar surface area (TPSA) is 59.8 Å². The Labute approximate surface area is 203 Å². The van der Waals surface area contributed by atoms with E-state index in [1.165, 1.54) is 5.56 Å². The Balaban J connectivity index is 1.58. The number of ether oxygens (including phenoxy) is 2. The van der Waals surface area contributed by atoms with Crippen molar-refractivity contribution in [3.05, 3.63) is 71.4 Å². The van der Waals surface area contributed by atoms with Gasteiger partial charge in [-0.05, 0) is 57.4 Å². The van der Waals surface area contributed by atoms with E-state index in [9.17, 15) is 5.11 Å². The van der Waals surface area contributed by atoms with Crippen LogP contribution in [0.4, 0.5) is 0 Å². The van der Waals surface area contributed by atoms with Gasteiger partial charge < -0.3 is 14.6 Å². The zero-order chi connectivity index (χ0) is 23.9. The van der Waals surface area contributed by atoms with Gasteiger partial charge in [0.15, 0.2) is 0 Å². The molecule has 4 rings (SSSR count). The number of aromatic nitrogens is 2. The van der Waals surface area contributed by atoms with E-state index in [2.05, 4.69) is 30.9 Å². The van der Waals surface area contributed by atoms with Gasteiger partial charge in [0.1, 0.15) is 5.75 Å². The number of hydrogen-bond acceptors (Lipinski definition) is 5. The molecule has 0 radical (unpaired) electrons. The number of rotatable bonds is 13. The minimum absolute atomic E-state index is 0.373. The van der Waals surface area contributed by atoms with Crippen molar-refractivity contribution >= 4 is 0 Å². The summed E-state index contributed by atoms with van der Waals surface area (Å²) in [6.07, 6.45) is 3.92. The molecule has 0 saturated heterocycles. The van der Waals surface area contributed by atoms with Gasteiger partial charge in [-0.25, -0.2) is 4.68 Å². The van der Waals surface area contributed by atoms with Crippen molar-refractivity contribution in [2.45, 2.75) is 65.1 Å². The lowest BCUT2D eigenvalue weighted by molar-refractivity contribution is 0.0127. The highest BCUT2D eigenvalue weighted by Crippen LogP contribution is 2.35. The number of benzene rings is 2. The Morgan fingerprint density at radius 1 is 1.09 bits per heavy atom. The van der Waals surface area contributed by atoms with Crippen LogP contribution in [-0.4, -0.2) is 51.7 Å². The smallest absolute Gasteiger partial charge is 0.227 e. The van der Waals surface area contributed by atoms with Crippen molar-refractivity contribution in [1.29, 1.82) is 0 Å². The van der Waals surface area contributed by atoms with Crippen LogP contribution in [0, 0.1) is 13.8 Å². The molecule has 1 heterocycles. The standard InChI is InChI=1S/C28H37N3O3/c1-4-5-17-33-20-25(32)18-30(23-13-14-23)19-27-22(3)29-31(24-9-7-6-8-10-24)28(27)34-26-15-11-21(2)12-16-26/h6-12,15-16,23,25,32H,4-5,13-14,17-20H2,1-3H3. The monoisotopic (exact) mass is 463 g/mol. The van der Waals surface area contributed by atoms with Gasteiger partial charge in [0.25, 0.3) is 0 Å². The highest BCUT2D eigenvalue weighted by atomic mass is 16.5. The van der Waals surface area contributed by atoms with Crippen LogP contribution in [0.5, 0.6) is 11.6 Å². The molecule has 1 N–H and O–H groups in total. The van der Waals surface area contributed by atoms with Gasteiger partial charge in [-0.15, -0.1) is 0 Å². The van der Waals surface area contributed by atoms with Gasteiger partial charge in [-0.2, -0.15) is 5.10 Å². The van der Waals surface area contributed by atoms with Crippen LogP contribution >= 0.6 is 0 Å². The van der Waals surface area contributed by atoms with Crippen LogP contribution < -0.4 is 4.74 Å². The number of hydrogen-bond donors (Lipinski definition) is 1. The molecule has 1 aliphatic rings. The third-order valence-electron chi connectivity index (χ3n) is 6.20. The van der Waals surface area contributed by atoms with Crippen molar-refractivity contribution in [3.63, 3.8) is 0 Å². The summed E-state index contributed by atoms with van der Waals surface area (Å²) >= 11 is 0. The molecular formula is C28H37N3O3. The first kappa shape index (κ1) is 24.5. The Bertz CT molecular complexity index is 1030. The Hall–Kier alpha value is -2.67. The average molecular weight is 464 g/mol. The third kappa shape index (κ3) is 6.47. The van der Waals surface area contributed by atoms with Gasteiger partial charge in [0.05, 0.1) is 29.7 Å². The maximum absolute atomic E-state index is 10.6. The third-order valence-corrected chi connectivity index (χ3v) is 6.20. The molecule has 6 heteroatoms. The van der Waals surface area contributed by atoms with Crippen molar-refractivity contribution in [3.8, 4) is 17.3 Å². The Morgan fingerprint density at radius 3 is 2.50 bits per heavy atom. The molecular weight excluding hydrogens is 426 g/mol. The molecule has 1 aliphatic carbocycles. The zero-order valence-corrected chi connectivity index (χ0v) is 20.6. The minimum Gasteiger partial charge on any atom is -0.439 e. The van der Waals surface area contributed by atoms with Crippen LogP contribution in [0.3, 0.4) is 0 Å². The molecule has 182 valence electrons. The van der Waals surface area contributed by atoms with Crippen LogP contribution in [0.15, 0.2) is 54.6 Å². The van der Waals surface area contributed by atoms with Gasteiger partial charge >= 0.3 is 0 Å². The van der Waals surface area contributed by atoms with E-state index in [1.54, 1.807) is 0 Å². The number of aliphatic hydroxyl groups is 1. The molecule has 1 atom stereocenters. The Morgan fingerprint density at radius 2 is 1.82 bits per heavy atom. The van der Waals surface area contributed by atoms with Crippen LogP contribution in [0.25, 0.3) is 5.69 Å². The fraction of sp³-hybridized carbons (Fsp3) is 0.464. The summed E-state index contributed by atoms with van der Waals surface area (Å²) < 4.78 is 14.0. The SMILES string of the molecule is CCCCOCC(O)CN(Cc1c(C)nn(-c2ccccc2)c1Oc1ccc(C)cc1)C1CC1. The van der Waals surface area contributed by atoms with Crippen molar-refractivity contribution in [1.82, 2.24) is 14.7 Å². The quantitative estimate of drug-likeness (QED) is 0.343. The molecule has 2 aromatic carbocycles. The molecule has 0 spiro atoms. The van der Waals surface area contributed by atoms with E-state index >= 15 is 0 Å². The maximum Gasteiger partial charge on any atom is 0.227 e. The fourth-order valence-corrected chi connectivity index (χ4v) is 4.06. The average Bonchev–Trinajstić information content (AvgIpc) is 3.65. The fourth-order valence-electron chi connectivity index (χ4n) is 4.06. The first-order chi connectivity index (χ1) is 16.5. The summed E-state index contributed by atoms with van der Waals surface area (Å²) in [7, 11) is 0. The van der Waals surface area contributed by atoms with E-state index < -0.39 is 6.10 Å². The molecule has 0 bridgehead atoms. The molecule has 1 aromatic heterocycles. The number of aliphatic hydroxyl groups excluding tert-OH is 1.